The van der Waals surface area contributed by atoms with E-state index in [1.165, 1.54) is 37.5 Å². The Morgan fingerprint density at radius 2 is 1.85 bits per heavy atom. The Hall–Kier alpha value is -2.64. The van der Waals surface area contributed by atoms with E-state index in [1.54, 1.807) is 19.9 Å². The van der Waals surface area contributed by atoms with E-state index in [0.29, 0.717) is 11.3 Å². The topological polar surface area (TPSA) is 113 Å². The number of hydrogen-bond acceptors (Lipinski definition) is 7. The highest BCUT2D eigenvalue weighted by molar-refractivity contribution is 5.97. The first-order valence-corrected chi connectivity index (χ1v) is 8.61. The van der Waals surface area contributed by atoms with E-state index in [4.69, 9.17) is 9.47 Å². The Kier molecular flexibility index (Phi) is 6.76. The van der Waals surface area contributed by atoms with Crippen LogP contribution in [0.1, 0.15) is 36.2 Å². The fourth-order valence-electron chi connectivity index (χ4n) is 2.58. The standard InChI is InChI=1S/C20H24O7/c1-11-7-8-16(22)19(24)15(21)6-4-5-13-9-14(26-3)10-17(23)18(13)20(25)27-12(11)2/h4-5,7-12,15,19,21,23-24H,6H2,1-3H3/b5-4+,8-7-/t11-,12?,15-,19-/m0/s1. The number of ether oxygens (including phenoxy) is 2. The minimum atomic E-state index is -1.56. The van der Waals surface area contributed by atoms with Gasteiger partial charge in [-0.1, -0.05) is 25.2 Å². The third-order valence-electron chi connectivity index (χ3n) is 4.49. The first kappa shape index (κ1) is 20.7. The van der Waals surface area contributed by atoms with Gasteiger partial charge >= 0.3 is 5.97 Å². The molecule has 7 nitrogen and oxygen atoms in total. The van der Waals surface area contributed by atoms with E-state index in [0.717, 1.165) is 0 Å². The predicted octanol–water partition coefficient (Wildman–Crippen LogP) is 1.85. The molecular formula is C20H24O7. The lowest BCUT2D eigenvalue weighted by Gasteiger charge is -2.20. The molecule has 2 rings (SSSR count). The van der Waals surface area contributed by atoms with Crippen LogP contribution < -0.4 is 4.74 Å². The van der Waals surface area contributed by atoms with Crippen LogP contribution in [0.25, 0.3) is 6.08 Å². The molecular weight excluding hydrogens is 352 g/mol. The zero-order valence-electron chi connectivity index (χ0n) is 15.5. The molecule has 0 aliphatic carbocycles. The molecule has 1 heterocycles. The number of cyclic esters (lactones) is 1. The van der Waals surface area contributed by atoms with Gasteiger partial charge in [0.05, 0.1) is 13.2 Å². The van der Waals surface area contributed by atoms with Crippen LogP contribution in [0.15, 0.2) is 30.4 Å². The lowest BCUT2D eigenvalue weighted by Crippen LogP contribution is -2.32. The van der Waals surface area contributed by atoms with E-state index in [-0.39, 0.29) is 23.7 Å². The number of methoxy groups -OCH3 is 1. The molecule has 3 N–H and O–H groups in total. The number of aromatic hydroxyl groups is 1. The van der Waals surface area contributed by atoms with Crippen molar-refractivity contribution >= 4 is 17.8 Å². The molecule has 4 atom stereocenters. The summed E-state index contributed by atoms with van der Waals surface area (Å²) in [7, 11) is 1.42. The van der Waals surface area contributed by atoms with Crippen LogP contribution in [0.5, 0.6) is 11.5 Å². The van der Waals surface area contributed by atoms with E-state index in [9.17, 15) is 24.9 Å². The summed E-state index contributed by atoms with van der Waals surface area (Å²) >= 11 is 0. The first-order chi connectivity index (χ1) is 12.7. The van der Waals surface area contributed by atoms with Crippen LogP contribution in [0.4, 0.5) is 0 Å². The number of esters is 1. The maximum absolute atomic E-state index is 12.6. The normalized spacial score (nSPS) is 29.2. The molecule has 27 heavy (non-hydrogen) atoms. The summed E-state index contributed by atoms with van der Waals surface area (Å²) < 4.78 is 10.5. The monoisotopic (exact) mass is 376 g/mol. The number of benzene rings is 1. The molecule has 1 aliphatic heterocycles. The fourth-order valence-corrected chi connectivity index (χ4v) is 2.58. The molecule has 0 radical (unpaired) electrons. The number of phenolic OH excluding ortho intramolecular Hbond substituents is 1. The number of ketones is 1. The lowest BCUT2D eigenvalue weighted by atomic mass is 9.99. The molecule has 0 bridgehead atoms. The number of carbonyl (C=O) groups is 2. The molecule has 146 valence electrons. The second kappa shape index (κ2) is 8.83. The molecule has 0 saturated carbocycles. The summed E-state index contributed by atoms with van der Waals surface area (Å²) in [5.74, 6) is -1.63. The van der Waals surface area contributed by atoms with Crippen LogP contribution in [0, 0.1) is 5.92 Å². The number of aliphatic hydroxyl groups is 2. The third kappa shape index (κ3) is 4.96. The van der Waals surface area contributed by atoms with Crippen molar-refractivity contribution in [1.29, 1.82) is 0 Å². The smallest absolute Gasteiger partial charge is 0.342 e. The van der Waals surface area contributed by atoms with Gasteiger partial charge in [0.2, 0.25) is 0 Å². The molecule has 0 aromatic heterocycles. The zero-order valence-corrected chi connectivity index (χ0v) is 15.5. The van der Waals surface area contributed by atoms with Gasteiger partial charge in [-0.15, -0.1) is 0 Å². The Bertz CT molecular complexity index is 766. The summed E-state index contributed by atoms with van der Waals surface area (Å²) in [5, 5.41) is 30.2. The quantitative estimate of drug-likeness (QED) is 0.641. The Labute approximate surface area is 157 Å². The maximum atomic E-state index is 12.6. The van der Waals surface area contributed by atoms with E-state index in [2.05, 4.69) is 0 Å². The van der Waals surface area contributed by atoms with Crippen LogP contribution >= 0.6 is 0 Å². The van der Waals surface area contributed by atoms with Crippen molar-refractivity contribution in [2.75, 3.05) is 7.11 Å². The fraction of sp³-hybridized carbons (Fsp3) is 0.400. The number of rotatable bonds is 1. The predicted molar refractivity (Wildman–Crippen MR) is 98.5 cm³/mol. The first-order valence-electron chi connectivity index (χ1n) is 8.61. The van der Waals surface area contributed by atoms with Crippen molar-refractivity contribution in [3.05, 3.63) is 41.5 Å². The van der Waals surface area contributed by atoms with Gasteiger partial charge in [-0.25, -0.2) is 4.79 Å². The summed E-state index contributed by atoms with van der Waals surface area (Å²) in [4.78, 5) is 24.6. The molecule has 1 unspecified atom stereocenters. The van der Waals surface area contributed by atoms with Crippen molar-refractivity contribution in [3.8, 4) is 11.5 Å². The Balaban J connectivity index is 2.50. The number of carbonyl (C=O) groups excluding carboxylic acids is 2. The molecule has 0 amide bonds. The van der Waals surface area contributed by atoms with Gasteiger partial charge in [0.15, 0.2) is 5.78 Å². The number of aliphatic hydroxyl groups excluding tert-OH is 2. The van der Waals surface area contributed by atoms with Crippen LogP contribution in [-0.2, 0) is 9.53 Å². The molecule has 1 aromatic carbocycles. The highest BCUT2D eigenvalue weighted by atomic mass is 16.5. The van der Waals surface area contributed by atoms with Crippen molar-refractivity contribution < 1.29 is 34.4 Å². The Morgan fingerprint density at radius 1 is 1.15 bits per heavy atom. The van der Waals surface area contributed by atoms with Gasteiger partial charge < -0.3 is 24.8 Å². The summed E-state index contributed by atoms with van der Waals surface area (Å²) in [5.41, 5.74) is 0.301. The van der Waals surface area contributed by atoms with Gasteiger partial charge in [-0.3, -0.25) is 4.79 Å². The summed E-state index contributed by atoms with van der Waals surface area (Å²) in [6.45, 7) is 3.40. The highest BCUT2D eigenvalue weighted by Crippen LogP contribution is 2.30. The van der Waals surface area contributed by atoms with E-state index >= 15 is 0 Å². The number of fused-ring (bicyclic) bond motifs is 1. The largest absolute Gasteiger partial charge is 0.507 e. The van der Waals surface area contributed by atoms with Crippen molar-refractivity contribution in [2.24, 2.45) is 5.92 Å². The summed E-state index contributed by atoms with van der Waals surface area (Å²) in [6.07, 6.45) is 2.19. The van der Waals surface area contributed by atoms with E-state index < -0.39 is 30.1 Å². The molecule has 1 aromatic rings. The number of hydrogen-bond donors (Lipinski definition) is 3. The highest BCUT2D eigenvalue weighted by Gasteiger charge is 2.25. The molecule has 0 saturated heterocycles. The van der Waals surface area contributed by atoms with Crippen LogP contribution in [0.3, 0.4) is 0 Å². The Morgan fingerprint density at radius 3 is 2.52 bits per heavy atom. The third-order valence-corrected chi connectivity index (χ3v) is 4.49. The van der Waals surface area contributed by atoms with Crippen LogP contribution in [0.2, 0.25) is 0 Å². The molecule has 1 aliphatic rings. The minimum Gasteiger partial charge on any atom is -0.507 e. The number of phenols is 1. The molecule has 0 fully saturated rings. The van der Waals surface area contributed by atoms with Crippen molar-refractivity contribution in [2.45, 2.75) is 38.6 Å². The van der Waals surface area contributed by atoms with Gasteiger partial charge in [0.25, 0.3) is 0 Å². The van der Waals surface area contributed by atoms with Gasteiger partial charge in [-0.2, -0.15) is 0 Å². The molecule has 0 spiro atoms. The summed E-state index contributed by atoms with van der Waals surface area (Å²) in [6, 6.07) is 2.85. The van der Waals surface area contributed by atoms with Gasteiger partial charge in [-0.05, 0) is 31.1 Å². The molecule has 7 heteroatoms. The average Bonchev–Trinajstić information content (AvgIpc) is 2.63. The van der Waals surface area contributed by atoms with Crippen molar-refractivity contribution in [3.63, 3.8) is 0 Å². The second-order valence-electron chi connectivity index (χ2n) is 6.49. The second-order valence-corrected chi connectivity index (χ2v) is 6.49. The zero-order chi connectivity index (χ0) is 20.1. The van der Waals surface area contributed by atoms with E-state index in [1.807, 2.05) is 0 Å². The van der Waals surface area contributed by atoms with Gasteiger partial charge in [0, 0.05) is 12.0 Å². The van der Waals surface area contributed by atoms with Gasteiger partial charge in [0.1, 0.15) is 29.3 Å². The average molecular weight is 376 g/mol. The minimum absolute atomic E-state index is 0.0286. The van der Waals surface area contributed by atoms with Crippen LogP contribution in [-0.4, -0.2) is 52.5 Å². The lowest BCUT2D eigenvalue weighted by molar-refractivity contribution is -0.127. The SMILES string of the molecule is COc1cc(O)c2c(c1)/C=C/C[C@H](O)[C@H](O)C(=O)/C=C\[C@H](C)C(C)OC2=O. The maximum Gasteiger partial charge on any atom is 0.342 e. The van der Waals surface area contributed by atoms with Crippen molar-refractivity contribution in [1.82, 2.24) is 0 Å².